The molecule has 1 aliphatic heterocycles. The topological polar surface area (TPSA) is 125 Å². The molecule has 168 valence electrons. The molecular weight excluding hydrogens is 372 g/mol. The van der Waals surface area contributed by atoms with Gasteiger partial charge < -0.3 is 24.1 Å². The fraction of sp³-hybridized carbons (Fsp3) is 0.789. The Morgan fingerprint density at radius 1 is 0.857 bits per heavy atom. The molecule has 0 radical (unpaired) electrons. The molecule has 0 bridgehead atoms. The molecule has 9 heteroatoms. The molecule has 0 saturated carbocycles. The van der Waals surface area contributed by atoms with Crippen LogP contribution >= 0.6 is 0 Å². The maximum absolute atomic E-state index is 11.3. The van der Waals surface area contributed by atoms with Gasteiger partial charge in [-0.15, -0.1) is 0 Å². The van der Waals surface area contributed by atoms with Gasteiger partial charge in [0, 0.05) is 33.6 Å². The fourth-order valence-electron chi connectivity index (χ4n) is 1.71. The van der Waals surface area contributed by atoms with Crippen LogP contribution in [-0.2, 0) is 38.1 Å². The van der Waals surface area contributed by atoms with E-state index >= 15 is 0 Å². The highest BCUT2D eigenvalue weighted by Gasteiger charge is 2.33. The van der Waals surface area contributed by atoms with Gasteiger partial charge in [0.1, 0.15) is 6.10 Å². The van der Waals surface area contributed by atoms with E-state index in [9.17, 15) is 14.4 Å². The largest absolute Gasteiger partial charge is 0.481 e. The van der Waals surface area contributed by atoms with Crippen molar-refractivity contribution in [2.75, 3.05) is 14.2 Å². The Balaban J connectivity index is -0.000000184. The third-order valence-electron chi connectivity index (χ3n) is 2.55. The van der Waals surface area contributed by atoms with E-state index in [1.807, 2.05) is 34.6 Å². The van der Waals surface area contributed by atoms with E-state index < -0.39 is 18.0 Å². The first kappa shape index (κ1) is 33.4. The molecule has 0 spiro atoms. The summed E-state index contributed by atoms with van der Waals surface area (Å²) in [7, 11) is 2.66. The van der Waals surface area contributed by atoms with Crippen LogP contribution in [0.1, 0.15) is 68.2 Å². The van der Waals surface area contributed by atoms with Crippen LogP contribution < -0.4 is 0 Å². The number of ether oxygens (including phenoxy) is 4. The molecule has 1 aliphatic rings. The van der Waals surface area contributed by atoms with Gasteiger partial charge >= 0.3 is 17.9 Å². The van der Waals surface area contributed by atoms with Crippen molar-refractivity contribution in [1.82, 2.24) is 0 Å². The van der Waals surface area contributed by atoms with Crippen molar-refractivity contribution < 1.29 is 43.2 Å². The molecule has 0 aliphatic carbocycles. The summed E-state index contributed by atoms with van der Waals surface area (Å²) in [5.74, 6) is -1.83. The lowest BCUT2D eigenvalue weighted by molar-refractivity contribution is -0.176. The number of hydrogen-bond acceptors (Lipinski definition) is 8. The summed E-state index contributed by atoms with van der Waals surface area (Å²) in [5, 5.41) is 7.42. The molecule has 0 aromatic rings. The molecule has 3 atom stereocenters. The van der Waals surface area contributed by atoms with E-state index in [2.05, 4.69) is 9.47 Å². The van der Waals surface area contributed by atoms with Crippen LogP contribution in [0.5, 0.6) is 0 Å². The van der Waals surface area contributed by atoms with Crippen LogP contribution in [-0.4, -0.2) is 61.5 Å². The summed E-state index contributed by atoms with van der Waals surface area (Å²) < 4.78 is 19.1. The van der Waals surface area contributed by atoms with Crippen molar-refractivity contribution >= 4 is 23.9 Å². The maximum Gasteiger partial charge on any atom is 0.335 e. The summed E-state index contributed by atoms with van der Waals surface area (Å²) in [6.45, 7) is 13.6. The number of carboxylic acids is 1. The first-order chi connectivity index (χ1) is 13.0. The zero-order valence-corrected chi connectivity index (χ0v) is 18.9. The number of rotatable bonds is 2. The lowest BCUT2D eigenvalue weighted by Crippen LogP contribution is -2.41. The predicted octanol–water partition coefficient (Wildman–Crippen LogP) is 2.98. The Morgan fingerprint density at radius 3 is 1.54 bits per heavy atom. The second-order valence-corrected chi connectivity index (χ2v) is 4.88. The standard InChI is InChI=1S/C10H16O5.C3H6O2.C2H4O2.2C2H6/c1-6-4-8(15-7(2)11)5-9(14-6)10(12)13-3;1-3(4)5-2;1-2(3)4;2*1-2/h6,8-9H,4-5H2,1-3H3;1-2H3;1H3,(H,3,4);2*1-2H3. The zero-order chi connectivity index (χ0) is 23.3. The molecule has 28 heavy (non-hydrogen) atoms. The second kappa shape index (κ2) is 22.9. The first-order valence-electron chi connectivity index (χ1n) is 9.18. The highest BCUT2D eigenvalue weighted by atomic mass is 16.6. The zero-order valence-electron chi connectivity index (χ0n) is 18.9. The van der Waals surface area contributed by atoms with E-state index in [4.69, 9.17) is 19.4 Å². The third kappa shape index (κ3) is 26.1. The number of carbonyl (C=O) groups excluding carboxylic acids is 3. The quantitative estimate of drug-likeness (QED) is 0.540. The second-order valence-electron chi connectivity index (χ2n) is 4.88. The van der Waals surface area contributed by atoms with Crippen LogP contribution in [0.2, 0.25) is 0 Å². The van der Waals surface area contributed by atoms with Gasteiger partial charge in [-0.3, -0.25) is 14.4 Å². The Kier molecular flexibility index (Phi) is 27.3. The smallest absolute Gasteiger partial charge is 0.335 e. The van der Waals surface area contributed by atoms with Gasteiger partial charge in [0.2, 0.25) is 0 Å². The lowest BCUT2D eigenvalue weighted by atomic mass is 10.0. The van der Waals surface area contributed by atoms with Gasteiger partial charge in [-0.25, -0.2) is 4.79 Å². The monoisotopic (exact) mass is 410 g/mol. The van der Waals surface area contributed by atoms with Crippen LogP contribution in [0.15, 0.2) is 0 Å². The van der Waals surface area contributed by atoms with Crippen molar-refractivity contribution in [2.24, 2.45) is 0 Å². The molecule has 1 N–H and O–H groups in total. The minimum Gasteiger partial charge on any atom is -0.481 e. The summed E-state index contributed by atoms with van der Waals surface area (Å²) >= 11 is 0. The normalized spacial score (nSPS) is 19.0. The Bertz CT molecular complexity index is 418. The molecule has 1 rings (SSSR count). The number of methoxy groups -OCH3 is 2. The lowest BCUT2D eigenvalue weighted by Gasteiger charge is -2.31. The van der Waals surface area contributed by atoms with E-state index in [0.29, 0.717) is 12.8 Å². The highest BCUT2D eigenvalue weighted by Crippen LogP contribution is 2.22. The number of hydrogen-bond donors (Lipinski definition) is 1. The Labute approximate surface area is 168 Å². The SMILES string of the molecule is CC.CC.CC(=O)O.COC(=O)C1CC(OC(C)=O)CC(C)O1.COC(C)=O. The van der Waals surface area contributed by atoms with Gasteiger partial charge in [-0.1, -0.05) is 27.7 Å². The molecule has 1 heterocycles. The van der Waals surface area contributed by atoms with Crippen molar-refractivity contribution in [3.63, 3.8) is 0 Å². The molecule has 0 aromatic heterocycles. The van der Waals surface area contributed by atoms with E-state index in [-0.39, 0.29) is 24.1 Å². The molecule has 1 fully saturated rings. The molecule has 3 unspecified atom stereocenters. The number of carboxylic acid groups (broad SMARTS) is 1. The van der Waals surface area contributed by atoms with Crippen LogP contribution in [0.25, 0.3) is 0 Å². The molecular formula is C19H38O9. The molecule has 1 saturated heterocycles. The van der Waals surface area contributed by atoms with Crippen molar-refractivity contribution in [2.45, 2.75) is 86.5 Å². The van der Waals surface area contributed by atoms with Crippen LogP contribution in [0.3, 0.4) is 0 Å². The minimum absolute atomic E-state index is 0.104. The third-order valence-corrected chi connectivity index (χ3v) is 2.55. The summed E-state index contributed by atoms with van der Waals surface area (Å²) in [6, 6.07) is 0. The van der Waals surface area contributed by atoms with Gasteiger partial charge in [0.15, 0.2) is 6.10 Å². The first-order valence-corrected chi connectivity index (χ1v) is 9.18. The summed E-state index contributed by atoms with van der Waals surface area (Å²) in [6.07, 6.45) is 0.00887. The Hall–Kier alpha value is -2.16. The average molecular weight is 411 g/mol. The van der Waals surface area contributed by atoms with Crippen molar-refractivity contribution in [3.05, 3.63) is 0 Å². The van der Waals surface area contributed by atoms with Gasteiger partial charge in [-0.05, 0) is 6.92 Å². The minimum atomic E-state index is -0.833. The number of esters is 3. The molecule has 0 aromatic carbocycles. The van der Waals surface area contributed by atoms with Crippen LogP contribution in [0, 0.1) is 0 Å². The fourth-order valence-corrected chi connectivity index (χ4v) is 1.71. The molecule has 0 amide bonds. The van der Waals surface area contributed by atoms with E-state index in [1.165, 1.54) is 28.1 Å². The summed E-state index contributed by atoms with van der Waals surface area (Å²) in [4.78, 5) is 40.6. The summed E-state index contributed by atoms with van der Waals surface area (Å²) in [5.41, 5.74) is 0. The van der Waals surface area contributed by atoms with Gasteiger partial charge in [0.05, 0.1) is 20.3 Å². The number of aliphatic carboxylic acids is 1. The van der Waals surface area contributed by atoms with Crippen molar-refractivity contribution in [3.8, 4) is 0 Å². The highest BCUT2D eigenvalue weighted by molar-refractivity contribution is 5.74. The van der Waals surface area contributed by atoms with Gasteiger partial charge in [0.25, 0.3) is 5.97 Å². The Morgan fingerprint density at radius 2 is 1.25 bits per heavy atom. The average Bonchev–Trinajstić information content (AvgIpc) is 2.63. The molecule has 9 nitrogen and oxygen atoms in total. The van der Waals surface area contributed by atoms with Crippen molar-refractivity contribution in [1.29, 1.82) is 0 Å². The van der Waals surface area contributed by atoms with Crippen LogP contribution in [0.4, 0.5) is 0 Å². The van der Waals surface area contributed by atoms with E-state index in [1.54, 1.807) is 0 Å². The maximum atomic E-state index is 11.3. The number of carbonyl (C=O) groups is 4. The van der Waals surface area contributed by atoms with E-state index in [0.717, 1.165) is 6.92 Å². The van der Waals surface area contributed by atoms with Gasteiger partial charge in [-0.2, -0.15) is 0 Å². The predicted molar refractivity (Wildman–Crippen MR) is 105 cm³/mol.